The highest BCUT2D eigenvalue weighted by atomic mass is 127. The lowest BCUT2D eigenvalue weighted by Crippen LogP contribution is -2.50. The Morgan fingerprint density at radius 2 is 2.04 bits per heavy atom. The summed E-state index contributed by atoms with van der Waals surface area (Å²) < 4.78 is 6.05. The van der Waals surface area contributed by atoms with Crippen molar-refractivity contribution in [3.8, 4) is 0 Å². The van der Waals surface area contributed by atoms with Crippen LogP contribution in [0.2, 0.25) is 0 Å². The van der Waals surface area contributed by atoms with Gasteiger partial charge in [-0.05, 0) is 11.5 Å². The molecule has 2 heterocycles. The predicted octanol–water partition coefficient (Wildman–Crippen LogP) is 2.42. The number of ether oxygens (including phenoxy) is 1. The Morgan fingerprint density at radius 3 is 2.72 bits per heavy atom. The van der Waals surface area contributed by atoms with Crippen molar-refractivity contribution in [2.24, 2.45) is 10.9 Å². The molecule has 3 rings (SSSR count). The topological polar surface area (TPSA) is 40.1 Å². The number of likely N-dealkylation sites (tertiary alicyclic amines) is 1. The maximum atomic E-state index is 6.05. The van der Waals surface area contributed by atoms with E-state index in [9.17, 15) is 0 Å². The largest absolute Gasteiger partial charge is 0.373 e. The molecule has 0 spiro atoms. The highest BCUT2D eigenvalue weighted by molar-refractivity contribution is 14.0. The van der Waals surface area contributed by atoms with Gasteiger partial charge in [0.25, 0.3) is 0 Å². The zero-order chi connectivity index (χ0) is 16.9. The molecule has 140 valence electrons. The SMILES string of the molecule is CN=C(NCC(C)C)N1CC2OCCN(Cc3ccccc3)C2C1.I. The number of aliphatic imine (C=N–C) groups is 1. The van der Waals surface area contributed by atoms with Gasteiger partial charge in [-0.1, -0.05) is 44.2 Å². The Labute approximate surface area is 168 Å². The summed E-state index contributed by atoms with van der Waals surface area (Å²) >= 11 is 0. The van der Waals surface area contributed by atoms with Gasteiger partial charge in [0.2, 0.25) is 0 Å². The molecule has 1 aromatic rings. The van der Waals surface area contributed by atoms with Crippen molar-refractivity contribution in [2.75, 3.05) is 39.8 Å². The first-order valence-electron chi connectivity index (χ1n) is 9.02. The number of benzene rings is 1. The molecule has 0 radical (unpaired) electrons. The van der Waals surface area contributed by atoms with E-state index >= 15 is 0 Å². The molecule has 25 heavy (non-hydrogen) atoms. The minimum absolute atomic E-state index is 0. The number of nitrogens with one attached hydrogen (secondary N) is 1. The molecule has 2 fully saturated rings. The van der Waals surface area contributed by atoms with E-state index in [1.165, 1.54) is 5.56 Å². The van der Waals surface area contributed by atoms with Crippen molar-refractivity contribution in [2.45, 2.75) is 32.5 Å². The quantitative estimate of drug-likeness (QED) is 0.428. The summed E-state index contributed by atoms with van der Waals surface area (Å²) in [5.41, 5.74) is 1.37. The van der Waals surface area contributed by atoms with E-state index in [2.05, 4.69) is 64.3 Å². The monoisotopic (exact) mass is 458 g/mol. The van der Waals surface area contributed by atoms with Crippen LogP contribution < -0.4 is 5.32 Å². The van der Waals surface area contributed by atoms with E-state index in [1.54, 1.807) is 0 Å². The van der Waals surface area contributed by atoms with Crippen LogP contribution in [-0.2, 0) is 11.3 Å². The molecule has 0 saturated carbocycles. The number of halogens is 1. The van der Waals surface area contributed by atoms with Crippen molar-refractivity contribution >= 4 is 29.9 Å². The standard InChI is InChI=1S/C19H30N4O.HI/c1-15(2)11-21-19(20-3)23-13-17-18(14-23)24-10-9-22(17)12-16-7-5-4-6-8-16;/h4-8,15,17-18H,9-14H2,1-3H3,(H,20,21);1H. The van der Waals surface area contributed by atoms with Gasteiger partial charge in [0, 0.05) is 39.8 Å². The highest BCUT2D eigenvalue weighted by Gasteiger charge is 2.41. The molecule has 0 bridgehead atoms. The summed E-state index contributed by atoms with van der Waals surface area (Å²) in [6.07, 6.45) is 0.278. The molecule has 0 aliphatic carbocycles. The van der Waals surface area contributed by atoms with Gasteiger partial charge in [-0.15, -0.1) is 24.0 Å². The molecule has 2 saturated heterocycles. The van der Waals surface area contributed by atoms with E-state index in [4.69, 9.17) is 4.74 Å². The summed E-state index contributed by atoms with van der Waals surface area (Å²) in [6.45, 7) is 10.1. The zero-order valence-electron chi connectivity index (χ0n) is 15.5. The number of hydrogen-bond donors (Lipinski definition) is 1. The smallest absolute Gasteiger partial charge is 0.193 e. The van der Waals surface area contributed by atoms with Crippen LogP contribution in [-0.4, -0.2) is 67.7 Å². The summed E-state index contributed by atoms with van der Waals surface area (Å²) in [7, 11) is 1.87. The second-order valence-corrected chi connectivity index (χ2v) is 7.16. The van der Waals surface area contributed by atoms with Gasteiger partial charge in [0.1, 0.15) is 0 Å². The lowest BCUT2D eigenvalue weighted by molar-refractivity contribution is -0.0502. The summed E-state index contributed by atoms with van der Waals surface area (Å²) in [4.78, 5) is 9.38. The molecule has 1 N–H and O–H groups in total. The minimum Gasteiger partial charge on any atom is -0.373 e. The molecule has 2 aliphatic rings. The Bertz CT molecular complexity index is 552. The first kappa shape index (κ1) is 20.5. The minimum atomic E-state index is 0. The predicted molar refractivity (Wildman–Crippen MR) is 114 cm³/mol. The van der Waals surface area contributed by atoms with E-state index in [1.807, 2.05) is 7.05 Å². The molecule has 2 unspecified atom stereocenters. The van der Waals surface area contributed by atoms with E-state index in [0.29, 0.717) is 12.0 Å². The third-order valence-corrected chi connectivity index (χ3v) is 4.82. The van der Waals surface area contributed by atoms with Gasteiger partial charge >= 0.3 is 0 Å². The average Bonchev–Trinajstić information content (AvgIpc) is 3.01. The Morgan fingerprint density at radius 1 is 1.28 bits per heavy atom. The van der Waals surface area contributed by atoms with Gasteiger partial charge in [0.15, 0.2) is 5.96 Å². The van der Waals surface area contributed by atoms with Crippen LogP contribution in [0.25, 0.3) is 0 Å². The number of fused-ring (bicyclic) bond motifs is 1. The molecule has 6 heteroatoms. The van der Waals surface area contributed by atoms with Gasteiger partial charge in [0.05, 0.1) is 18.8 Å². The molecule has 5 nitrogen and oxygen atoms in total. The fourth-order valence-corrected chi connectivity index (χ4v) is 3.57. The molecule has 2 aliphatic heterocycles. The van der Waals surface area contributed by atoms with Crippen LogP contribution in [0.15, 0.2) is 35.3 Å². The Balaban J connectivity index is 0.00000225. The molecule has 0 amide bonds. The van der Waals surface area contributed by atoms with Crippen LogP contribution in [0.5, 0.6) is 0 Å². The van der Waals surface area contributed by atoms with Crippen molar-refractivity contribution in [1.82, 2.24) is 15.1 Å². The number of guanidine groups is 1. The van der Waals surface area contributed by atoms with Gasteiger partial charge < -0.3 is 15.0 Å². The van der Waals surface area contributed by atoms with Crippen molar-refractivity contribution in [3.63, 3.8) is 0 Å². The van der Waals surface area contributed by atoms with Gasteiger partial charge in [-0.2, -0.15) is 0 Å². The Hall–Kier alpha value is -0.860. The summed E-state index contributed by atoms with van der Waals surface area (Å²) in [6, 6.07) is 11.2. The second-order valence-electron chi connectivity index (χ2n) is 7.16. The first-order chi connectivity index (χ1) is 11.7. The van der Waals surface area contributed by atoms with Crippen LogP contribution in [0.1, 0.15) is 19.4 Å². The summed E-state index contributed by atoms with van der Waals surface area (Å²) in [5.74, 6) is 1.61. The van der Waals surface area contributed by atoms with Crippen LogP contribution in [0.3, 0.4) is 0 Å². The number of rotatable bonds is 4. The molecule has 0 aromatic heterocycles. The highest BCUT2D eigenvalue weighted by Crippen LogP contribution is 2.24. The van der Waals surface area contributed by atoms with E-state index in [0.717, 1.165) is 45.3 Å². The average molecular weight is 458 g/mol. The van der Waals surface area contributed by atoms with Crippen LogP contribution in [0.4, 0.5) is 0 Å². The number of nitrogens with zero attached hydrogens (tertiary/aromatic N) is 3. The number of hydrogen-bond acceptors (Lipinski definition) is 3. The van der Waals surface area contributed by atoms with Gasteiger partial charge in [-0.3, -0.25) is 9.89 Å². The fourth-order valence-electron chi connectivity index (χ4n) is 3.57. The van der Waals surface area contributed by atoms with Crippen molar-refractivity contribution in [1.29, 1.82) is 0 Å². The molecule has 2 atom stereocenters. The van der Waals surface area contributed by atoms with E-state index < -0.39 is 0 Å². The van der Waals surface area contributed by atoms with Crippen molar-refractivity contribution in [3.05, 3.63) is 35.9 Å². The van der Waals surface area contributed by atoms with Gasteiger partial charge in [-0.25, -0.2) is 0 Å². The summed E-state index contributed by atoms with van der Waals surface area (Å²) in [5, 5.41) is 3.49. The maximum absolute atomic E-state index is 6.05. The maximum Gasteiger partial charge on any atom is 0.193 e. The lowest BCUT2D eigenvalue weighted by Gasteiger charge is -2.36. The van der Waals surface area contributed by atoms with Crippen LogP contribution >= 0.6 is 24.0 Å². The Kier molecular flexibility index (Phi) is 7.96. The second kappa shape index (κ2) is 9.73. The molecule has 1 aromatic carbocycles. The first-order valence-corrected chi connectivity index (χ1v) is 9.02. The normalized spacial score (nSPS) is 24.2. The molecular formula is C19H31IN4O. The third-order valence-electron chi connectivity index (χ3n) is 4.82. The third kappa shape index (κ3) is 5.31. The van der Waals surface area contributed by atoms with Crippen molar-refractivity contribution < 1.29 is 4.74 Å². The van der Waals surface area contributed by atoms with E-state index in [-0.39, 0.29) is 30.1 Å². The lowest BCUT2D eigenvalue weighted by atomic mass is 10.1. The number of morpholine rings is 1. The zero-order valence-corrected chi connectivity index (χ0v) is 17.8. The molecular weight excluding hydrogens is 427 g/mol. The fraction of sp³-hybridized carbons (Fsp3) is 0.632. The van der Waals surface area contributed by atoms with Crippen LogP contribution in [0, 0.1) is 5.92 Å².